The van der Waals surface area contributed by atoms with Crippen LogP contribution in [0.1, 0.15) is 30.5 Å². The Labute approximate surface area is 177 Å². The Balaban J connectivity index is 1.47. The highest BCUT2D eigenvalue weighted by atomic mass is 16.5. The Hall–Kier alpha value is -3.66. The van der Waals surface area contributed by atoms with Gasteiger partial charge in [0.1, 0.15) is 5.75 Å². The van der Waals surface area contributed by atoms with Gasteiger partial charge in [0.2, 0.25) is 0 Å². The van der Waals surface area contributed by atoms with Gasteiger partial charge in [-0.25, -0.2) is 5.43 Å². The van der Waals surface area contributed by atoms with Crippen LogP contribution in [0.25, 0.3) is 6.08 Å². The van der Waals surface area contributed by atoms with Crippen LogP contribution in [0.2, 0.25) is 0 Å². The largest absolute Gasteiger partial charge is 0.484 e. The third-order valence-electron chi connectivity index (χ3n) is 4.88. The smallest absolute Gasteiger partial charge is 0.277 e. The van der Waals surface area contributed by atoms with Crippen molar-refractivity contribution in [3.05, 3.63) is 108 Å². The van der Waals surface area contributed by atoms with E-state index in [1.807, 2.05) is 78.9 Å². The highest BCUT2D eigenvalue weighted by molar-refractivity contribution is 5.81. The van der Waals surface area contributed by atoms with Crippen LogP contribution in [-0.4, -0.2) is 18.7 Å². The molecule has 0 aliphatic carbocycles. The molecule has 0 saturated heterocycles. The minimum Gasteiger partial charge on any atom is -0.484 e. The van der Waals surface area contributed by atoms with E-state index in [1.165, 1.54) is 17.3 Å². The molecule has 0 aromatic heterocycles. The van der Waals surface area contributed by atoms with E-state index in [9.17, 15) is 4.79 Å². The molecule has 0 fully saturated rings. The molecule has 0 bridgehead atoms. The first kappa shape index (κ1) is 21.1. The quantitative estimate of drug-likeness (QED) is 0.418. The number of hydrazone groups is 1. The van der Waals surface area contributed by atoms with Gasteiger partial charge in [0, 0.05) is 11.6 Å². The minimum atomic E-state index is -0.312. The predicted octanol–water partition coefficient (Wildman–Crippen LogP) is 5.21. The zero-order valence-electron chi connectivity index (χ0n) is 17.3. The molecular formula is C26H26N2O2. The van der Waals surface area contributed by atoms with E-state index in [2.05, 4.69) is 36.5 Å². The van der Waals surface area contributed by atoms with Gasteiger partial charge in [-0.3, -0.25) is 4.79 Å². The summed E-state index contributed by atoms with van der Waals surface area (Å²) in [4.78, 5) is 11.9. The van der Waals surface area contributed by atoms with E-state index < -0.39 is 0 Å². The molecule has 0 aliphatic heterocycles. The van der Waals surface area contributed by atoms with Gasteiger partial charge in [0.25, 0.3) is 5.91 Å². The second kappa shape index (κ2) is 10.2. The number of hydrogen-bond donors (Lipinski definition) is 1. The predicted molar refractivity (Wildman–Crippen MR) is 123 cm³/mol. The number of benzene rings is 3. The van der Waals surface area contributed by atoms with Crippen LogP contribution in [0, 0.1) is 0 Å². The lowest BCUT2D eigenvalue weighted by molar-refractivity contribution is -0.123. The van der Waals surface area contributed by atoms with E-state index >= 15 is 0 Å². The highest BCUT2D eigenvalue weighted by Gasteiger charge is 2.22. The molecule has 3 aromatic carbocycles. The molecule has 4 nitrogen and oxygen atoms in total. The Morgan fingerprint density at radius 3 is 2.17 bits per heavy atom. The lowest BCUT2D eigenvalue weighted by Crippen LogP contribution is -2.24. The molecule has 0 spiro atoms. The van der Waals surface area contributed by atoms with Crippen LogP contribution in [-0.2, 0) is 10.2 Å². The Morgan fingerprint density at radius 2 is 1.50 bits per heavy atom. The third-order valence-corrected chi connectivity index (χ3v) is 4.88. The summed E-state index contributed by atoms with van der Waals surface area (Å²) in [6.07, 6.45) is 5.21. The van der Waals surface area contributed by atoms with Crippen molar-refractivity contribution in [2.24, 2.45) is 5.10 Å². The van der Waals surface area contributed by atoms with Crippen LogP contribution < -0.4 is 10.2 Å². The van der Waals surface area contributed by atoms with Crippen molar-refractivity contribution in [1.29, 1.82) is 0 Å². The average Bonchev–Trinajstić information content (AvgIpc) is 2.79. The molecule has 1 N–H and O–H groups in total. The number of nitrogens with one attached hydrogen (secondary N) is 1. The summed E-state index contributed by atoms with van der Waals surface area (Å²) in [5.41, 5.74) is 5.83. The number of carbonyl (C=O) groups excluding carboxylic acids is 1. The first-order valence-corrected chi connectivity index (χ1v) is 9.88. The maximum absolute atomic E-state index is 11.9. The first-order chi connectivity index (χ1) is 14.6. The summed E-state index contributed by atoms with van der Waals surface area (Å²) in [7, 11) is 0. The van der Waals surface area contributed by atoms with Gasteiger partial charge in [0.15, 0.2) is 6.61 Å². The van der Waals surface area contributed by atoms with Crippen molar-refractivity contribution in [2.45, 2.75) is 19.3 Å². The minimum absolute atomic E-state index is 0.0961. The molecule has 3 rings (SSSR count). The molecule has 152 valence electrons. The van der Waals surface area contributed by atoms with Gasteiger partial charge < -0.3 is 4.74 Å². The van der Waals surface area contributed by atoms with Crippen molar-refractivity contribution >= 4 is 18.2 Å². The highest BCUT2D eigenvalue weighted by Crippen LogP contribution is 2.32. The average molecular weight is 399 g/mol. The molecule has 0 unspecified atom stereocenters. The molecule has 4 heteroatoms. The first-order valence-electron chi connectivity index (χ1n) is 9.88. The van der Waals surface area contributed by atoms with Gasteiger partial charge in [-0.1, -0.05) is 92.7 Å². The molecular weight excluding hydrogens is 372 g/mol. The number of carbonyl (C=O) groups is 1. The third kappa shape index (κ3) is 5.92. The van der Waals surface area contributed by atoms with E-state index in [0.29, 0.717) is 5.75 Å². The maximum atomic E-state index is 11.9. The monoisotopic (exact) mass is 398 g/mol. The number of rotatable bonds is 8. The van der Waals surface area contributed by atoms with Gasteiger partial charge >= 0.3 is 0 Å². The van der Waals surface area contributed by atoms with Crippen LogP contribution in [0.4, 0.5) is 0 Å². The van der Waals surface area contributed by atoms with Gasteiger partial charge in [-0.05, 0) is 34.9 Å². The van der Waals surface area contributed by atoms with Crippen LogP contribution >= 0.6 is 0 Å². The van der Waals surface area contributed by atoms with Gasteiger partial charge in [0.05, 0.1) is 0 Å². The zero-order valence-corrected chi connectivity index (χ0v) is 17.3. The summed E-state index contributed by atoms with van der Waals surface area (Å²) in [6, 6.07) is 28.1. The van der Waals surface area contributed by atoms with Crippen molar-refractivity contribution < 1.29 is 9.53 Å². The van der Waals surface area contributed by atoms with E-state index in [4.69, 9.17) is 4.74 Å². The van der Waals surface area contributed by atoms with Crippen molar-refractivity contribution in [3.63, 3.8) is 0 Å². The molecule has 3 aromatic rings. The number of nitrogens with zero attached hydrogens (tertiary/aromatic N) is 1. The summed E-state index contributed by atoms with van der Waals surface area (Å²) in [5.74, 6) is 0.332. The standard InChI is InChI=1S/C26H26N2O2/c1-26(2,22-13-7-4-8-14-22)23-15-17-24(18-16-23)30-20-25(29)28-27-19-9-12-21-10-5-3-6-11-21/h3-19H,20H2,1-2H3,(H,28,29)/b12-9+,27-19+. The van der Waals surface area contributed by atoms with Crippen LogP contribution in [0.3, 0.4) is 0 Å². The second-order valence-electron chi connectivity index (χ2n) is 7.39. The number of amides is 1. The number of ether oxygens (including phenoxy) is 1. The topological polar surface area (TPSA) is 50.7 Å². The SMILES string of the molecule is CC(C)(c1ccccc1)c1ccc(OCC(=O)N/N=C/C=C/c2ccccc2)cc1. The fourth-order valence-corrected chi connectivity index (χ4v) is 3.04. The van der Waals surface area contributed by atoms with E-state index in [1.54, 1.807) is 6.08 Å². The van der Waals surface area contributed by atoms with Crippen molar-refractivity contribution in [2.75, 3.05) is 6.61 Å². The summed E-state index contributed by atoms with van der Waals surface area (Å²) >= 11 is 0. The zero-order chi connectivity index (χ0) is 21.2. The summed E-state index contributed by atoms with van der Waals surface area (Å²) < 4.78 is 5.56. The Bertz CT molecular complexity index is 992. The normalized spacial score (nSPS) is 11.7. The van der Waals surface area contributed by atoms with Gasteiger partial charge in [-0.15, -0.1) is 0 Å². The fraction of sp³-hybridized carbons (Fsp3) is 0.154. The van der Waals surface area contributed by atoms with E-state index in [-0.39, 0.29) is 17.9 Å². The molecule has 0 heterocycles. The Morgan fingerprint density at radius 1 is 0.900 bits per heavy atom. The van der Waals surface area contributed by atoms with E-state index in [0.717, 1.165) is 5.56 Å². The van der Waals surface area contributed by atoms with Crippen molar-refractivity contribution in [3.8, 4) is 5.75 Å². The lowest BCUT2D eigenvalue weighted by atomic mass is 9.78. The number of hydrogen-bond acceptors (Lipinski definition) is 3. The molecule has 0 aliphatic rings. The Kier molecular flexibility index (Phi) is 7.17. The van der Waals surface area contributed by atoms with Crippen molar-refractivity contribution in [1.82, 2.24) is 5.43 Å². The molecule has 1 amide bonds. The lowest BCUT2D eigenvalue weighted by Gasteiger charge is -2.26. The summed E-state index contributed by atoms with van der Waals surface area (Å²) in [6.45, 7) is 4.28. The maximum Gasteiger partial charge on any atom is 0.277 e. The number of allylic oxidation sites excluding steroid dienone is 1. The summed E-state index contributed by atoms with van der Waals surface area (Å²) in [5, 5.41) is 3.89. The van der Waals surface area contributed by atoms with Crippen LogP contribution in [0.15, 0.2) is 96.1 Å². The molecule has 0 radical (unpaired) electrons. The molecule has 0 atom stereocenters. The van der Waals surface area contributed by atoms with Gasteiger partial charge in [-0.2, -0.15) is 5.10 Å². The second-order valence-corrected chi connectivity index (χ2v) is 7.39. The van der Waals surface area contributed by atoms with Crippen LogP contribution in [0.5, 0.6) is 5.75 Å². The molecule has 30 heavy (non-hydrogen) atoms. The fourth-order valence-electron chi connectivity index (χ4n) is 3.04. The molecule has 0 saturated carbocycles.